The minimum absolute atomic E-state index is 0.104. The molecular weight excluding hydrogens is 278 g/mol. The molecule has 0 aliphatic rings. The Morgan fingerprint density at radius 3 is 2.85 bits per heavy atom. The largest absolute Gasteiger partial charge is 0.481 e. The van der Waals surface area contributed by atoms with Crippen LogP contribution in [-0.4, -0.2) is 35.1 Å². The summed E-state index contributed by atoms with van der Waals surface area (Å²) in [6, 6.07) is 7.67. The lowest BCUT2D eigenvalue weighted by atomic mass is 10.3. The molecule has 2 aromatic rings. The zero-order valence-corrected chi connectivity index (χ0v) is 11.6. The van der Waals surface area contributed by atoms with Gasteiger partial charge >= 0.3 is 5.97 Å². The molecule has 0 saturated heterocycles. The van der Waals surface area contributed by atoms with Crippen molar-refractivity contribution in [3.8, 4) is 0 Å². The first-order valence-corrected chi connectivity index (χ1v) is 7.05. The third kappa shape index (κ3) is 4.29. The molecule has 1 heterocycles. The molecule has 0 atom stereocenters. The molecule has 3 N–H and O–H groups in total. The predicted molar refractivity (Wildman–Crippen MR) is 78.0 cm³/mol. The molecule has 20 heavy (non-hydrogen) atoms. The maximum atomic E-state index is 11.7. The van der Waals surface area contributed by atoms with Crippen LogP contribution in [0.2, 0.25) is 0 Å². The number of carboxylic acids is 1. The number of thiazole rings is 1. The number of carbonyl (C=O) groups excluding carboxylic acids is 1. The summed E-state index contributed by atoms with van der Waals surface area (Å²) in [5.41, 5.74) is 0.863. The first-order chi connectivity index (χ1) is 9.65. The minimum atomic E-state index is -0.828. The number of hydrogen-bond donors (Lipinski definition) is 3. The van der Waals surface area contributed by atoms with E-state index >= 15 is 0 Å². The molecule has 7 heteroatoms. The molecular formula is C13H15N3O3S. The van der Waals surface area contributed by atoms with Gasteiger partial charge in [-0.2, -0.15) is 0 Å². The minimum Gasteiger partial charge on any atom is -0.481 e. The first kappa shape index (κ1) is 14.4. The highest BCUT2D eigenvalue weighted by atomic mass is 32.1. The number of benzene rings is 1. The van der Waals surface area contributed by atoms with E-state index < -0.39 is 5.97 Å². The highest BCUT2D eigenvalue weighted by Crippen LogP contribution is 2.25. The number of aliphatic carboxylic acids is 1. The van der Waals surface area contributed by atoms with Gasteiger partial charge in [0.15, 0.2) is 5.13 Å². The zero-order valence-electron chi connectivity index (χ0n) is 10.8. The quantitative estimate of drug-likeness (QED) is 0.676. The van der Waals surface area contributed by atoms with E-state index in [1.165, 1.54) is 11.3 Å². The fourth-order valence-corrected chi connectivity index (χ4v) is 2.54. The maximum absolute atomic E-state index is 11.7. The molecule has 0 bridgehead atoms. The Hall–Kier alpha value is -1.99. The van der Waals surface area contributed by atoms with Gasteiger partial charge in [0.05, 0.1) is 16.8 Å². The van der Waals surface area contributed by atoms with Crippen LogP contribution >= 0.6 is 11.3 Å². The summed E-state index contributed by atoms with van der Waals surface area (Å²) in [4.78, 5) is 26.3. The Morgan fingerprint density at radius 2 is 2.10 bits per heavy atom. The van der Waals surface area contributed by atoms with Crippen LogP contribution in [0.4, 0.5) is 5.13 Å². The van der Waals surface area contributed by atoms with Crippen LogP contribution in [-0.2, 0) is 9.59 Å². The van der Waals surface area contributed by atoms with Gasteiger partial charge < -0.3 is 15.7 Å². The lowest BCUT2D eigenvalue weighted by Crippen LogP contribution is -2.28. The van der Waals surface area contributed by atoms with Crippen molar-refractivity contribution in [2.75, 3.05) is 18.4 Å². The van der Waals surface area contributed by atoms with Crippen LogP contribution in [0.25, 0.3) is 10.2 Å². The smallest absolute Gasteiger partial charge is 0.303 e. The molecule has 6 nitrogen and oxygen atoms in total. The summed E-state index contributed by atoms with van der Waals surface area (Å²) >= 11 is 1.42. The fraction of sp³-hybridized carbons (Fsp3) is 0.308. The molecule has 1 aromatic heterocycles. The van der Waals surface area contributed by atoms with Crippen molar-refractivity contribution in [2.45, 2.75) is 12.8 Å². The van der Waals surface area contributed by atoms with Gasteiger partial charge in [-0.25, -0.2) is 4.98 Å². The van der Waals surface area contributed by atoms with Crippen LogP contribution in [0.5, 0.6) is 0 Å². The van der Waals surface area contributed by atoms with E-state index in [4.69, 9.17) is 5.11 Å². The highest BCUT2D eigenvalue weighted by Gasteiger charge is 2.07. The molecule has 0 fully saturated rings. The molecule has 0 radical (unpaired) electrons. The number of rotatable bonds is 7. The third-order valence-corrected chi connectivity index (χ3v) is 3.52. The number of aromatic nitrogens is 1. The number of nitrogens with zero attached hydrogens (tertiary/aromatic N) is 1. The van der Waals surface area contributed by atoms with E-state index in [0.29, 0.717) is 18.1 Å². The van der Waals surface area contributed by atoms with Gasteiger partial charge in [0, 0.05) is 6.42 Å². The van der Waals surface area contributed by atoms with Gasteiger partial charge in [0.1, 0.15) is 0 Å². The molecule has 2 rings (SSSR count). The number of fused-ring (bicyclic) bond motifs is 1. The summed E-state index contributed by atoms with van der Waals surface area (Å²) in [5, 5.41) is 14.7. The lowest BCUT2D eigenvalue weighted by Gasteiger charge is -2.03. The molecule has 0 saturated carbocycles. The van der Waals surface area contributed by atoms with Gasteiger partial charge in [-0.1, -0.05) is 23.5 Å². The van der Waals surface area contributed by atoms with Crippen molar-refractivity contribution < 1.29 is 14.7 Å². The zero-order chi connectivity index (χ0) is 14.4. The van der Waals surface area contributed by atoms with E-state index in [1.807, 2.05) is 24.3 Å². The van der Waals surface area contributed by atoms with Crippen LogP contribution in [0.15, 0.2) is 24.3 Å². The lowest BCUT2D eigenvalue weighted by molar-refractivity contribution is -0.137. The maximum Gasteiger partial charge on any atom is 0.303 e. The molecule has 0 unspecified atom stereocenters. The predicted octanol–water partition coefficient (Wildman–Crippen LogP) is 1.69. The molecule has 0 spiro atoms. The van der Waals surface area contributed by atoms with Gasteiger partial charge in [-0.3, -0.25) is 9.59 Å². The Bertz CT molecular complexity index is 579. The summed E-state index contributed by atoms with van der Waals surface area (Å²) in [7, 11) is 0. The van der Waals surface area contributed by atoms with Crippen LogP contribution in [0.3, 0.4) is 0 Å². The van der Waals surface area contributed by atoms with E-state index in [9.17, 15) is 9.59 Å². The molecule has 0 aliphatic heterocycles. The molecule has 0 aliphatic carbocycles. The second-order valence-corrected chi connectivity index (χ2v) is 5.24. The Morgan fingerprint density at radius 1 is 1.30 bits per heavy atom. The van der Waals surface area contributed by atoms with Crippen LogP contribution < -0.4 is 10.6 Å². The van der Waals surface area contributed by atoms with E-state index in [0.717, 1.165) is 10.2 Å². The average Bonchev–Trinajstić information content (AvgIpc) is 2.79. The SMILES string of the molecule is O=C(O)CCCNCC(=O)Nc1nc2ccccc2s1. The number of nitrogens with one attached hydrogen (secondary N) is 2. The summed E-state index contributed by atoms with van der Waals surface area (Å²) in [5.74, 6) is -1.01. The second-order valence-electron chi connectivity index (χ2n) is 4.21. The second kappa shape index (κ2) is 6.97. The molecule has 106 valence electrons. The normalized spacial score (nSPS) is 10.6. The van der Waals surface area contributed by atoms with Gasteiger partial charge in [-0.15, -0.1) is 0 Å². The van der Waals surface area contributed by atoms with Crippen molar-refractivity contribution >= 4 is 38.6 Å². The number of anilines is 1. The number of amides is 1. The highest BCUT2D eigenvalue weighted by molar-refractivity contribution is 7.22. The van der Waals surface area contributed by atoms with Crippen molar-refractivity contribution in [3.63, 3.8) is 0 Å². The van der Waals surface area contributed by atoms with Crippen LogP contribution in [0, 0.1) is 0 Å². The number of carboxylic acid groups (broad SMARTS) is 1. The number of para-hydroxylation sites is 1. The van der Waals surface area contributed by atoms with Gasteiger partial charge in [0.2, 0.25) is 5.91 Å². The Labute approximate surface area is 119 Å². The van der Waals surface area contributed by atoms with E-state index in [1.54, 1.807) is 0 Å². The fourth-order valence-electron chi connectivity index (χ4n) is 1.66. The molecule has 1 amide bonds. The topological polar surface area (TPSA) is 91.3 Å². The summed E-state index contributed by atoms with van der Waals surface area (Å²) in [6.45, 7) is 0.648. The standard InChI is InChI=1S/C13H15N3O3S/c17-11(8-14-7-3-6-12(18)19)16-13-15-9-4-1-2-5-10(9)20-13/h1-2,4-5,14H,3,6-8H2,(H,18,19)(H,15,16,17). The van der Waals surface area contributed by atoms with E-state index in [2.05, 4.69) is 15.6 Å². The summed E-state index contributed by atoms with van der Waals surface area (Å²) < 4.78 is 1.03. The van der Waals surface area contributed by atoms with Crippen molar-refractivity contribution in [1.82, 2.24) is 10.3 Å². The Kier molecular flexibility index (Phi) is 5.03. The van der Waals surface area contributed by atoms with Gasteiger partial charge in [0.25, 0.3) is 0 Å². The molecule has 1 aromatic carbocycles. The Balaban J connectivity index is 1.75. The first-order valence-electron chi connectivity index (χ1n) is 6.23. The van der Waals surface area contributed by atoms with Crippen molar-refractivity contribution in [2.24, 2.45) is 0 Å². The third-order valence-electron chi connectivity index (χ3n) is 2.57. The monoisotopic (exact) mass is 293 g/mol. The van der Waals surface area contributed by atoms with Crippen molar-refractivity contribution in [3.05, 3.63) is 24.3 Å². The summed E-state index contributed by atoms with van der Waals surface area (Å²) in [6.07, 6.45) is 0.607. The number of hydrogen-bond acceptors (Lipinski definition) is 5. The number of carbonyl (C=O) groups is 2. The average molecular weight is 293 g/mol. The van der Waals surface area contributed by atoms with E-state index in [-0.39, 0.29) is 18.9 Å². The van der Waals surface area contributed by atoms with Crippen molar-refractivity contribution in [1.29, 1.82) is 0 Å². The van der Waals surface area contributed by atoms with Gasteiger partial charge in [-0.05, 0) is 25.1 Å². The van der Waals surface area contributed by atoms with Crippen LogP contribution in [0.1, 0.15) is 12.8 Å².